The van der Waals surface area contributed by atoms with Gasteiger partial charge in [-0.3, -0.25) is 4.79 Å². The molecule has 1 N–H and O–H groups in total. The second kappa shape index (κ2) is 8.57. The second-order valence-electron chi connectivity index (χ2n) is 6.64. The predicted molar refractivity (Wildman–Crippen MR) is 98.4 cm³/mol. The summed E-state index contributed by atoms with van der Waals surface area (Å²) >= 11 is 2.45. The van der Waals surface area contributed by atoms with Crippen molar-refractivity contribution < 1.29 is 48.7 Å². The molecule has 0 saturated heterocycles. The van der Waals surface area contributed by atoms with Gasteiger partial charge in [0, 0.05) is 4.47 Å². The first-order valence-corrected chi connectivity index (χ1v) is 9.13. The van der Waals surface area contributed by atoms with Gasteiger partial charge in [-0.1, -0.05) is 6.07 Å². The summed E-state index contributed by atoms with van der Waals surface area (Å²) in [7, 11) is 0. The Balaban J connectivity index is 2.75. The summed E-state index contributed by atoms with van der Waals surface area (Å²) in [6, 6.07) is 2.33. The third-order valence-corrected chi connectivity index (χ3v) is 5.04. The van der Waals surface area contributed by atoms with Crippen LogP contribution >= 0.6 is 15.9 Å². The molecule has 0 aromatic heterocycles. The number of alkyl halides is 9. The molecule has 0 spiro atoms. The number of nitroso groups, excluding NO2 is 1. The summed E-state index contributed by atoms with van der Waals surface area (Å²) in [4.78, 5) is 22.9. The van der Waals surface area contributed by atoms with E-state index in [2.05, 4.69) is 21.1 Å². The molecule has 0 fully saturated rings. The van der Waals surface area contributed by atoms with Crippen LogP contribution < -0.4 is 5.32 Å². The van der Waals surface area contributed by atoms with Gasteiger partial charge in [-0.25, -0.2) is 8.78 Å². The van der Waals surface area contributed by atoms with Crippen molar-refractivity contribution in [3.63, 3.8) is 0 Å². The van der Waals surface area contributed by atoms with Gasteiger partial charge < -0.3 is 5.32 Å². The number of benzene rings is 2. The Labute approximate surface area is 186 Å². The zero-order chi connectivity index (χ0) is 25.6. The standard InChI is InChI=1S/C18H9BrF10N2O2/c1-15(21,17(24,25)26)7-5-9(16(22,23)18(27,28)29)13(10(19)6-7)30-14(32)8-3-2-4-11(31-33)12(8)20/h2-6H,1H3,(H,30,32). The minimum Gasteiger partial charge on any atom is -0.320 e. The molecule has 33 heavy (non-hydrogen) atoms. The minimum absolute atomic E-state index is 0.101. The van der Waals surface area contributed by atoms with Gasteiger partial charge >= 0.3 is 18.3 Å². The van der Waals surface area contributed by atoms with Crippen LogP contribution in [0.1, 0.15) is 28.4 Å². The van der Waals surface area contributed by atoms with Crippen LogP contribution in [-0.4, -0.2) is 18.3 Å². The highest BCUT2D eigenvalue weighted by Gasteiger charge is 2.61. The number of hydrogen-bond acceptors (Lipinski definition) is 3. The van der Waals surface area contributed by atoms with Crippen LogP contribution in [-0.2, 0) is 11.6 Å². The molecule has 0 heterocycles. The first kappa shape index (κ1) is 26.5. The van der Waals surface area contributed by atoms with Gasteiger partial charge in [0.15, 0.2) is 5.82 Å². The number of carbonyl (C=O) groups excluding carboxylic acids is 1. The van der Waals surface area contributed by atoms with Gasteiger partial charge in [0.25, 0.3) is 5.91 Å². The van der Waals surface area contributed by atoms with E-state index in [4.69, 9.17) is 0 Å². The maximum atomic E-state index is 14.3. The largest absolute Gasteiger partial charge is 0.458 e. The van der Waals surface area contributed by atoms with Crippen LogP contribution in [0.15, 0.2) is 40.0 Å². The third-order valence-electron chi connectivity index (χ3n) is 4.42. The Kier molecular flexibility index (Phi) is 6.90. The van der Waals surface area contributed by atoms with E-state index in [9.17, 15) is 53.6 Å². The van der Waals surface area contributed by atoms with Crippen molar-refractivity contribution in [3.05, 3.63) is 62.2 Å². The topological polar surface area (TPSA) is 58.5 Å². The van der Waals surface area contributed by atoms with Gasteiger partial charge in [0.1, 0.15) is 5.69 Å². The molecule has 15 heteroatoms. The predicted octanol–water partition coefficient (Wildman–Crippen LogP) is 7.64. The number of halogens is 11. The van der Waals surface area contributed by atoms with E-state index in [-0.39, 0.29) is 13.0 Å². The second-order valence-corrected chi connectivity index (χ2v) is 7.49. The van der Waals surface area contributed by atoms with Crippen LogP contribution in [0.4, 0.5) is 55.3 Å². The quantitative estimate of drug-likeness (QED) is 0.305. The number of amides is 1. The van der Waals surface area contributed by atoms with Crippen molar-refractivity contribution in [2.24, 2.45) is 5.18 Å². The van der Waals surface area contributed by atoms with Crippen molar-refractivity contribution in [2.75, 3.05) is 5.32 Å². The molecular weight excluding hydrogens is 546 g/mol. The maximum absolute atomic E-state index is 14.3. The van der Waals surface area contributed by atoms with Gasteiger partial charge in [-0.05, 0) is 57.9 Å². The summed E-state index contributed by atoms with van der Waals surface area (Å²) in [6.45, 7) is -0.101. The summed E-state index contributed by atoms with van der Waals surface area (Å²) < 4.78 is 134. The van der Waals surface area contributed by atoms with Gasteiger partial charge in [-0.2, -0.15) is 35.1 Å². The van der Waals surface area contributed by atoms with Crippen LogP contribution in [0.3, 0.4) is 0 Å². The fourth-order valence-corrected chi connectivity index (χ4v) is 3.07. The van der Waals surface area contributed by atoms with Crippen molar-refractivity contribution >= 4 is 33.2 Å². The highest BCUT2D eigenvalue weighted by Crippen LogP contribution is 2.51. The highest BCUT2D eigenvalue weighted by atomic mass is 79.9. The molecule has 0 saturated carbocycles. The van der Waals surface area contributed by atoms with Crippen molar-refractivity contribution in [1.29, 1.82) is 0 Å². The highest BCUT2D eigenvalue weighted by molar-refractivity contribution is 9.10. The van der Waals surface area contributed by atoms with E-state index in [1.807, 2.05) is 0 Å². The van der Waals surface area contributed by atoms with E-state index in [1.165, 1.54) is 5.32 Å². The molecule has 1 unspecified atom stereocenters. The lowest BCUT2D eigenvalue weighted by atomic mass is 9.92. The lowest BCUT2D eigenvalue weighted by Gasteiger charge is -2.28. The van der Waals surface area contributed by atoms with Crippen LogP contribution in [0.5, 0.6) is 0 Å². The molecule has 4 nitrogen and oxygen atoms in total. The van der Waals surface area contributed by atoms with E-state index in [1.54, 1.807) is 0 Å². The van der Waals surface area contributed by atoms with Crippen molar-refractivity contribution in [2.45, 2.75) is 30.9 Å². The Morgan fingerprint density at radius 2 is 1.55 bits per heavy atom. The van der Waals surface area contributed by atoms with Gasteiger partial charge in [0.2, 0.25) is 5.67 Å². The molecular formula is C18H9BrF10N2O2. The number of rotatable bonds is 5. The zero-order valence-corrected chi connectivity index (χ0v) is 17.4. The molecule has 2 aromatic carbocycles. The fourth-order valence-electron chi connectivity index (χ4n) is 2.52. The average Bonchev–Trinajstić information content (AvgIpc) is 2.67. The number of hydrogen-bond donors (Lipinski definition) is 1. The van der Waals surface area contributed by atoms with E-state index >= 15 is 0 Å². The first-order valence-electron chi connectivity index (χ1n) is 8.34. The Hall–Kier alpha value is -2.71. The smallest absolute Gasteiger partial charge is 0.320 e. The number of nitrogens with one attached hydrogen (secondary N) is 1. The Bertz CT molecular complexity index is 1100. The summed E-state index contributed by atoms with van der Waals surface area (Å²) in [5.74, 6) is -9.07. The summed E-state index contributed by atoms with van der Waals surface area (Å²) in [6.07, 6.45) is -12.1. The number of nitrogens with zero attached hydrogens (tertiary/aromatic N) is 1. The molecule has 2 rings (SSSR count). The lowest BCUT2D eigenvalue weighted by molar-refractivity contribution is -0.289. The molecule has 0 bridgehead atoms. The molecule has 0 aliphatic heterocycles. The molecule has 180 valence electrons. The Morgan fingerprint density at radius 3 is 2.03 bits per heavy atom. The summed E-state index contributed by atoms with van der Waals surface area (Å²) in [5.41, 5.74) is -11.5. The third kappa shape index (κ3) is 4.82. The van der Waals surface area contributed by atoms with Crippen LogP contribution in [0.25, 0.3) is 0 Å². The number of anilines is 1. The fraction of sp³-hybridized carbons (Fsp3) is 0.278. The van der Waals surface area contributed by atoms with Crippen LogP contribution in [0, 0.1) is 10.7 Å². The molecule has 0 aliphatic rings. The van der Waals surface area contributed by atoms with Gasteiger partial charge in [0.05, 0.1) is 16.8 Å². The number of carbonyl (C=O) groups is 1. The van der Waals surface area contributed by atoms with Gasteiger partial charge in [-0.15, -0.1) is 4.91 Å². The summed E-state index contributed by atoms with van der Waals surface area (Å²) in [5, 5.41) is 3.79. The normalized spacial score (nSPS) is 14.5. The molecule has 1 atom stereocenters. The molecule has 0 aliphatic carbocycles. The van der Waals surface area contributed by atoms with Crippen molar-refractivity contribution in [1.82, 2.24) is 0 Å². The zero-order valence-electron chi connectivity index (χ0n) is 15.8. The van der Waals surface area contributed by atoms with Crippen LogP contribution in [0.2, 0.25) is 0 Å². The SMILES string of the molecule is CC(F)(c1cc(Br)c(NC(=O)c2cccc(N=O)c2F)c(C(F)(F)C(F)(F)F)c1)C(F)(F)F. The minimum atomic E-state index is -6.37. The molecule has 2 aromatic rings. The molecule has 1 amide bonds. The molecule has 0 radical (unpaired) electrons. The average molecular weight is 555 g/mol. The maximum Gasteiger partial charge on any atom is 0.458 e. The van der Waals surface area contributed by atoms with Crippen molar-refractivity contribution in [3.8, 4) is 0 Å². The lowest BCUT2D eigenvalue weighted by Crippen LogP contribution is -2.38. The first-order chi connectivity index (χ1) is 14.9. The van der Waals surface area contributed by atoms with E-state index < -0.39 is 74.3 Å². The monoisotopic (exact) mass is 554 g/mol. The Morgan fingerprint density at radius 1 is 0.970 bits per heavy atom. The van der Waals surface area contributed by atoms with E-state index in [0.717, 1.165) is 18.2 Å². The van der Waals surface area contributed by atoms with E-state index in [0.29, 0.717) is 0 Å².